The van der Waals surface area contributed by atoms with Gasteiger partial charge in [0.1, 0.15) is 0 Å². The van der Waals surface area contributed by atoms with Gasteiger partial charge in [0.25, 0.3) is 0 Å². The van der Waals surface area contributed by atoms with Crippen LogP contribution in [-0.4, -0.2) is 11.9 Å². The van der Waals surface area contributed by atoms with Crippen LogP contribution < -0.4 is 10.6 Å². The van der Waals surface area contributed by atoms with Crippen LogP contribution in [0.4, 0.5) is 11.4 Å². The molecule has 0 heterocycles. The van der Waals surface area contributed by atoms with Crippen LogP contribution in [0.1, 0.15) is 32.8 Å². The van der Waals surface area contributed by atoms with Crippen molar-refractivity contribution >= 4 is 17.3 Å². The highest BCUT2D eigenvalue weighted by Crippen LogP contribution is 2.21. The SMILES string of the molecule is CCC(C)Nc1ccc(C)c(NC(C)=O)c1. The van der Waals surface area contributed by atoms with Gasteiger partial charge in [-0.3, -0.25) is 4.79 Å². The molecule has 3 heteroatoms. The van der Waals surface area contributed by atoms with Crippen LogP contribution in [0.5, 0.6) is 0 Å². The molecule has 3 nitrogen and oxygen atoms in total. The van der Waals surface area contributed by atoms with Gasteiger partial charge in [0.2, 0.25) is 5.91 Å². The maximum absolute atomic E-state index is 11.0. The Balaban J connectivity index is 2.84. The molecule has 1 amide bonds. The van der Waals surface area contributed by atoms with Gasteiger partial charge in [-0.15, -0.1) is 0 Å². The zero-order valence-corrected chi connectivity index (χ0v) is 10.4. The predicted octanol–water partition coefficient (Wildman–Crippen LogP) is 3.16. The van der Waals surface area contributed by atoms with Crippen LogP contribution in [0.2, 0.25) is 0 Å². The van der Waals surface area contributed by atoms with E-state index in [1.165, 1.54) is 6.92 Å². The molecule has 0 aliphatic rings. The van der Waals surface area contributed by atoms with Gasteiger partial charge in [0.15, 0.2) is 0 Å². The van der Waals surface area contributed by atoms with Gasteiger partial charge in [-0.25, -0.2) is 0 Å². The summed E-state index contributed by atoms with van der Waals surface area (Å²) in [4.78, 5) is 11.0. The number of hydrogen-bond acceptors (Lipinski definition) is 2. The number of hydrogen-bond donors (Lipinski definition) is 2. The summed E-state index contributed by atoms with van der Waals surface area (Å²) in [7, 11) is 0. The van der Waals surface area contributed by atoms with Crippen LogP contribution >= 0.6 is 0 Å². The number of nitrogens with one attached hydrogen (secondary N) is 2. The molecule has 88 valence electrons. The number of amides is 1. The van der Waals surface area contributed by atoms with E-state index in [0.717, 1.165) is 23.4 Å². The second kappa shape index (κ2) is 5.54. The average molecular weight is 220 g/mol. The summed E-state index contributed by atoms with van der Waals surface area (Å²) in [6, 6.07) is 6.46. The fraction of sp³-hybridized carbons (Fsp3) is 0.462. The summed E-state index contributed by atoms with van der Waals surface area (Å²) in [5, 5.41) is 6.21. The third kappa shape index (κ3) is 3.57. The smallest absolute Gasteiger partial charge is 0.221 e. The lowest BCUT2D eigenvalue weighted by Crippen LogP contribution is -2.14. The largest absolute Gasteiger partial charge is 0.383 e. The molecular weight excluding hydrogens is 200 g/mol. The number of benzene rings is 1. The Labute approximate surface area is 97.2 Å². The molecule has 2 N–H and O–H groups in total. The minimum absolute atomic E-state index is 0.0382. The first-order valence-corrected chi connectivity index (χ1v) is 5.67. The lowest BCUT2D eigenvalue weighted by molar-refractivity contribution is -0.114. The summed E-state index contributed by atoms with van der Waals surface area (Å²) >= 11 is 0. The Morgan fingerprint density at radius 2 is 2.12 bits per heavy atom. The van der Waals surface area contributed by atoms with Crippen molar-refractivity contribution in [3.8, 4) is 0 Å². The second-order valence-electron chi connectivity index (χ2n) is 4.16. The summed E-state index contributed by atoms with van der Waals surface area (Å²) in [5.74, 6) is -0.0382. The molecule has 1 aromatic carbocycles. The van der Waals surface area contributed by atoms with Crippen molar-refractivity contribution in [2.24, 2.45) is 0 Å². The first-order valence-electron chi connectivity index (χ1n) is 5.67. The van der Waals surface area contributed by atoms with Crippen LogP contribution in [0, 0.1) is 6.92 Å². The normalized spacial score (nSPS) is 12.0. The summed E-state index contributed by atoms with van der Waals surface area (Å²) < 4.78 is 0. The quantitative estimate of drug-likeness (QED) is 0.818. The topological polar surface area (TPSA) is 41.1 Å². The molecule has 1 unspecified atom stereocenters. The molecule has 0 fully saturated rings. The Morgan fingerprint density at radius 1 is 1.44 bits per heavy atom. The second-order valence-corrected chi connectivity index (χ2v) is 4.16. The highest BCUT2D eigenvalue weighted by Gasteiger charge is 2.03. The lowest BCUT2D eigenvalue weighted by Gasteiger charge is -2.15. The summed E-state index contributed by atoms with van der Waals surface area (Å²) in [6.07, 6.45) is 1.07. The van der Waals surface area contributed by atoms with E-state index in [-0.39, 0.29) is 5.91 Å². The van der Waals surface area contributed by atoms with Gasteiger partial charge in [-0.05, 0) is 38.0 Å². The number of rotatable bonds is 4. The molecule has 1 atom stereocenters. The zero-order chi connectivity index (χ0) is 12.1. The maximum Gasteiger partial charge on any atom is 0.221 e. The van der Waals surface area contributed by atoms with Crippen molar-refractivity contribution in [3.05, 3.63) is 23.8 Å². The minimum atomic E-state index is -0.0382. The molecule has 0 aliphatic heterocycles. The zero-order valence-electron chi connectivity index (χ0n) is 10.4. The van der Waals surface area contributed by atoms with Crippen molar-refractivity contribution in [3.63, 3.8) is 0 Å². The molecule has 0 aliphatic carbocycles. The molecule has 0 spiro atoms. The fourth-order valence-corrected chi connectivity index (χ4v) is 1.42. The van der Waals surface area contributed by atoms with Crippen molar-refractivity contribution < 1.29 is 4.79 Å². The first kappa shape index (κ1) is 12.6. The number of carbonyl (C=O) groups excluding carboxylic acids is 1. The highest BCUT2D eigenvalue weighted by molar-refractivity contribution is 5.90. The summed E-state index contributed by atoms with van der Waals surface area (Å²) in [6.45, 7) is 7.78. The predicted molar refractivity (Wildman–Crippen MR) is 68.9 cm³/mol. The van der Waals surface area contributed by atoms with Gasteiger partial charge in [0, 0.05) is 24.3 Å². The Kier molecular flexibility index (Phi) is 4.35. The summed E-state index contributed by atoms with van der Waals surface area (Å²) in [5.41, 5.74) is 2.99. The van der Waals surface area contributed by atoms with Gasteiger partial charge in [0.05, 0.1) is 0 Å². The standard InChI is InChI=1S/C13H20N2O/c1-5-10(3)14-12-7-6-9(2)13(8-12)15-11(4)16/h6-8,10,14H,5H2,1-4H3,(H,15,16). The van der Waals surface area contributed by atoms with E-state index >= 15 is 0 Å². The van der Waals surface area contributed by atoms with Gasteiger partial charge in [-0.1, -0.05) is 13.0 Å². The van der Waals surface area contributed by atoms with Gasteiger partial charge >= 0.3 is 0 Å². The maximum atomic E-state index is 11.0. The Morgan fingerprint density at radius 3 is 2.69 bits per heavy atom. The van der Waals surface area contributed by atoms with Crippen molar-refractivity contribution in [2.45, 2.75) is 40.2 Å². The van der Waals surface area contributed by atoms with Crippen molar-refractivity contribution in [1.82, 2.24) is 0 Å². The van der Waals surface area contributed by atoms with E-state index in [9.17, 15) is 4.79 Å². The molecule has 0 aromatic heterocycles. The van der Waals surface area contributed by atoms with E-state index in [2.05, 4.69) is 24.5 Å². The van der Waals surface area contributed by atoms with E-state index in [4.69, 9.17) is 0 Å². The third-order valence-electron chi connectivity index (χ3n) is 2.57. The van der Waals surface area contributed by atoms with Crippen LogP contribution in [0.3, 0.4) is 0 Å². The van der Waals surface area contributed by atoms with E-state index in [1.807, 2.05) is 25.1 Å². The molecule has 0 saturated carbocycles. The van der Waals surface area contributed by atoms with Gasteiger partial charge in [-0.2, -0.15) is 0 Å². The average Bonchev–Trinajstić information content (AvgIpc) is 2.22. The monoisotopic (exact) mass is 220 g/mol. The van der Waals surface area contributed by atoms with Crippen LogP contribution in [0.25, 0.3) is 0 Å². The number of aryl methyl sites for hydroxylation is 1. The molecule has 16 heavy (non-hydrogen) atoms. The van der Waals surface area contributed by atoms with Crippen LogP contribution in [-0.2, 0) is 4.79 Å². The first-order chi connectivity index (χ1) is 7.52. The molecule has 1 rings (SSSR count). The number of carbonyl (C=O) groups is 1. The van der Waals surface area contributed by atoms with Gasteiger partial charge < -0.3 is 10.6 Å². The van der Waals surface area contributed by atoms with E-state index < -0.39 is 0 Å². The third-order valence-corrected chi connectivity index (χ3v) is 2.57. The van der Waals surface area contributed by atoms with E-state index in [1.54, 1.807) is 0 Å². The van der Waals surface area contributed by atoms with Crippen LogP contribution in [0.15, 0.2) is 18.2 Å². The lowest BCUT2D eigenvalue weighted by atomic mass is 10.1. The minimum Gasteiger partial charge on any atom is -0.383 e. The molecular formula is C13H20N2O. The Bertz CT molecular complexity index is 374. The molecule has 1 aromatic rings. The highest BCUT2D eigenvalue weighted by atomic mass is 16.1. The Hall–Kier alpha value is -1.51. The van der Waals surface area contributed by atoms with Crippen molar-refractivity contribution in [1.29, 1.82) is 0 Å². The number of anilines is 2. The fourth-order valence-electron chi connectivity index (χ4n) is 1.42. The molecule has 0 radical (unpaired) electrons. The van der Waals surface area contributed by atoms with Crippen molar-refractivity contribution in [2.75, 3.05) is 10.6 Å². The molecule has 0 saturated heterocycles. The molecule has 0 bridgehead atoms. The van der Waals surface area contributed by atoms with E-state index in [0.29, 0.717) is 6.04 Å².